The predicted molar refractivity (Wildman–Crippen MR) is 83.6 cm³/mol. The van der Waals surface area contributed by atoms with Crippen molar-refractivity contribution in [1.82, 2.24) is 10.2 Å². The summed E-state index contributed by atoms with van der Waals surface area (Å²) in [7, 11) is 2.26. The Kier molecular flexibility index (Phi) is 6.11. The van der Waals surface area contributed by atoms with Crippen LogP contribution in [0, 0.1) is 5.92 Å². The zero-order valence-corrected chi connectivity index (χ0v) is 13.3. The van der Waals surface area contributed by atoms with E-state index >= 15 is 0 Å². The van der Waals surface area contributed by atoms with E-state index in [1.165, 1.54) is 37.7 Å². The number of hydrogen-bond acceptors (Lipinski definition) is 3. The topological polar surface area (TPSA) is 28.4 Å². The fourth-order valence-electron chi connectivity index (χ4n) is 3.06. The van der Waals surface area contributed by atoms with Crippen LogP contribution in [0.2, 0.25) is 0 Å². The van der Waals surface area contributed by atoms with Crippen molar-refractivity contribution in [2.24, 2.45) is 5.92 Å². The molecule has 1 saturated carbocycles. The summed E-state index contributed by atoms with van der Waals surface area (Å²) in [6.45, 7) is 7.36. The molecule has 1 aliphatic rings. The predicted octanol–water partition coefficient (Wildman–Crippen LogP) is 3.79. The Balaban J connectivity index is 1.84. The molecule has 0 spiro atoms. The van der Waals surface area contributed by atoms with Crippen LogP contribution in [0.15, 0.2) is 16.7 Å². The Morgan fingerprint density at radius 1 is 1.30 bits per heavy atom. The molecule has 1 aromatic heterocycles. The molecule has 20 heavy (non-hydrogen) atoms. The number of rotatable bonds is 7. The highest BCUT2D eigenvalue weighted by molar-refractivity contribution is 5.17. The Morgan fingerprint density at radius 2 is 2.05 bits per heavy atom. The summed E-state index contributed by atoms with van der Waals surface area (Å²) in [6.07, 6.45) is 8.74. The molecule has 2 rings (SSSR count). The minimum absolute atomic E-state index is 0.679. The monoisotopic (exact) mass is 278 g/mol. The molecule has 1 heterocycles. The second-order valence-corrected chi connectivity index (χ2v) is 6.60. The van der Waals surface area contributed by atoms with E-state index in [-0.39, 0.29) is 0 Å². The zero-order chi connectivity index (χ0) is 14.4. The van der Waals surface area contributed by atoms with Gasteiger partial charge in [-0.05, 0) is 38.4 Å². The van der Waals surface area contributed by atoms with Crippen molar-refractivity contribution in [3.63, 3.8) is 0 Å². The lowest BCUT2D eigenvalue weighted by atomic mass is 9.94. The third-order valence-corrected chi connectivity index (χ3v) is 4.29. The summed E-state index contributed by atoms with van der Waals surface area (Å²) in [5.41, 5.74) is 1.34. The third kappa shape index (κ3) is 4.64. The van der Waals surface area contributed by atoms with Gasteiger partial charge >= 0.3 is 0 Å². The van der Waals surface area contributed by atoms with Gasteiger partial charge in [0.1, 0.15) is 5.76 Å². The third-order valence-electron chi connectivity index (χ3n) is 4.29. The molecule has 1 aromatic rings. The van der Waals surface area contributed by atoms with Gasteiger partial charge in [-0.25, -0.2) is 0 Å². The van der Waals surface area contributed by atoms with Gasteiger partial charge in [0, 0.05) is 18.2 Å². The van der Waals surface area contributed by atoms with Gasteiger partial charge in [0.25, 0.3) is 0 Å². The van der Waals surface area contributed by atoms with Crippen LogP contribution in [0.3, 0.4) is 0 Å². The maximum Gasteiger partial charge on any atom is 0.122 e. The molecule has 0 saturated heterocycles. The van der Waals surface area contributed by atoms with Gasteiger partial charge in [-0.2, -0.15) is 0 Å². The molecule has 0 aliphatic heterocycles. The van der Waals surface area contributed by atoms with E-state index in [2.05, 4.69) is 37.2 Å². The molecular formula is C17H30N2O. The Morgan fingerprint density at radius 3 is 2.75 bits per heavy atom. The summed E-state index contributed by atoms with van der Waals surface area (Å²) in [4.78, 5) is 2.51. The largest absolute Gasteiger partial charge is 0.468 e. The second-order valence-electron chi connectivity index (χ2n) is 6.60. The van der Waals surface area contributed by atoms with Crippen LogP contribution >= 0.6 is 0 Å². The van der Waals surface area contributed by atoms with Crippen LogP contribution in [-0.2, 0) is 13.1 Å². The van der Waals surface area contributed by atoms with Gasteiger partial charge in [0.15, 0.2) is 0 Å². The highest BCUT2D eigenvalue weighted by Crippen LogP contribution is 2.23. The second kappa shape index (κ2) is 7.84. The van der Waals surface area contributed by atoms with Crippen LogP contribution in [0.1, 0.15) is 57.3 Å². The summed E-state index contributed by atoms with van der Waals surface area (Å²) in [5, 5.41) is 3.47. The van der Waals surface area contributed by atoms with Crippen molar-refractivity contribution in [3.8, 4) is 0 Å². The van der Waals surface area contributed by atoms with Crippen molar-refractivity contribution in [1.29, 1.82) is 0 Å². The average molecular weight is 278 g/mol. The number of hydrogen-bond donors (Lipinski definition) is 1. The van der Waals surface area contributed by atoms with E-state index in [1.807, 2.05) is 6.26 Å². The van der Waals surface area contributed by atoms with E-state index in [1.54, 1.807) is 0 Å². The molecule has 0 unspecified atom stereocenters. The normalized spacial score (nSPS) is 17.2. The number of furan rings is 1. The van der Waals surface area contributed by atoms with Crippen LogP contribution in [-0.4, -0.2) is 24.5 Å². The van der Waals surface area contributed by atoms with E-state index in [4.69, 9.17) is 4.42 Å². The van der Waals surface area contributed by atoms with E-state index in [9.17, 15) is 0 Å². The molecule has 1 aliphatic carbocycles. The average Bonchev–Trinajstić information content (AvgIpc) is 2.87. The smallest absolute Gasteiger partial charge is 0.122 e. The maximum atomic E-state index is 5.65. The lowest BCUT2D eigenvalue weighted by Crippen LogP contribution is -2.33. The lowest BCUT2D eigenvalue weighted by Gasteiger charge is -2.31. The first-order chi connectivity index (χ1) is 9.66. The fourth-order valence-corrected chi connectivity index (χ4v) is 3.06. The van der Waals surface area contributed by atoms with Crippen LogP contribution in [0.5, 0.6) is 0 Å². The minimum atomic E-state index is 0.679. The first-order valence-corrected chi connectivity index (χ1v) is 8.13. The Labute approximate surface area is 123 Å². The maximum absolute atomic E-state index is 5.65. The van der Waals surface area contributed by atoms with Crippen molar-refractivity contribution in [3.05, 3.63) is 23.7 Å². The molecular weight excluding hydrogens is 248 g/mol. The van der Waals surface area contributed by atoms with Crippen LogP contribution in [0.25, 0.3) is 0 Å². The molecule has 3 nitrogen and oxygen atoms in total. The van der Waals surface area contributed by atoms with E-state index in [0.717, 1.165) is 31.4 Å². The highest BCUT2D eigenvalue weighted by atomic mass is 16.3. The van der Waals surface area contributed by atoms with Gasteiger partial charge in [-0.15, -0.1) is 0 Å². The molecule has 0 atom stereocenters. The summed E-state index contributed by atoms with van der Waals surface area (Å²) >= 11 is 0. The molecule has 114 valence electrons. The van der Waals surface area contributed by atoms with Gasteiger partial charge in [-0.1, -0.05) is 33.1 Å². The van der Waals surface area contributed by atoms with Crippen molar-refractivity contribution in [2.75, 3.05) is 13.6 Å². The highest BCUT2D eigenvalue weighted by Gasteiger charge is 2.19. The van der Waals surface area contributed by atoms with Crippen LogP contribution < -0.4 is 5.32 Å². The molecule has 0 bridgehead atoms. The molecule has 3 heteroatoms. The van der Waals surface area contributed by atoms with Crippen molar-refractivity contribution >= 4 is 0 Å². The minimum Gasteiger partial charge on any atom is -0.468 e. The Bertz CT molecular complexity index is 380. The molecule has 0 aromatic carbocycles. The summed E-state index contributed by atoms with van der Waals surface area (Å²) in [6, 6.07) is 2.89. The number of nitrogens with zero attached hydrogens (tertiary/aromatic N) is 1. The van der Waals surface area contributed by atoms with Crippen molar-refractivity contribution in [2.45, 2.75) is 65.1 Å². The van der Waals surface area contributed by atoms with Gasteiger partial charge in [0.05, 0.1) is 12.8 Å². The first-order valence-electron chi connectivity index (χ1n) is 8.13. The lowest BCUT2D eigenvalue weighted by molar-refractivity contribution is 0.183. The molecule has 1 fully saturated rings. The van der Waals surface area contributed by atoms with Gasteiger partial charge in [0.2, 0.25) is 0 Å². The fraction of sp³-hybridized carbons (Fsp3) is 0.765. The first kappa shape index (κ1) is 15.6. The summed E-state index contributed by atoms with van der Waals surface area (Å²) < 4.78 is 5.65. The number of nitrogens with one attached hydrogen (secondary N) is 1. The van der Waals surface area contributed by atoms with E-state index < -0.39 is 0 Å². The molecule has 0 amide bonds. The molecule has 1 N–H and O–H groups in total. The quantitative estimate of drug-likeness (QED) is 0.822. The summed E-state index contributed by atoms with van der Waals surface area (Å²) in [5.74, 6) is 1.78. The van der Waals surface area contributed by atoms with Gasteiger partial charge < -0.3 is 9.73 Å². The standard InChI is InChI=1S/C17H30N2O/c1-14(2)11-18-12-17-15(9-10-20-17)13-19(3)16-7-5-4-6-8-16/h9-10,14,16,18H,4-8,11-13H2,1-3H3. The van der Waals surface area contributed by atoms with Crippen LogP contribution in [0.4, 0.5) is 0 Å². The van der Waals surface area contributed by atoms with Gasteiger partial charge in [-0.3, -0.25) is 4.90 Å². The zero-order valence-electron chi connectivity index (χ0n) is 13.3. The SMILES string of the molecule is CC(C)CNCc1occc1CN(C)C1CCCCC1. The Hall–Kier alpha value is -0.800. The van der Waals surface area contributed by atoms with E-state index in [0.29, 0.717) is 5.92 Å². The molecule has 0 radical (unpaired) electrons. The van der Waals surface area contributed by atoms with Crippen molar-refractivity contribution < 1.29 is 4.42 Å².